The van der Waals surface area contributed by atoms with E-state index in [9.17, 15) is 0 Å². The third kappa shape index (κ3) is 1.19. The molecule has 0 N–H and O–H groups in total. The number of allylic oxidation sites excluding steroid dienone is 1. The average molecular weight is 216 g/mol. The largest absolute Gasteiger partial charge is 0.490 e. The van der Waals surface area contributed by atoms with Gasteiger partial charge in [-0.15, -0.1) is 0 Å². The number of ether oxygens (including phenoxy) is 1. The van der Waals surface area contributed by atoms with Crippen LogP contribution in [0.15, 0.2) is 40.7 Å². The summed E-state index contributed by atoms with van der Waals surface area (Å²) in [4.78, 5) is 0. The first-order valence-corrected chi connectivity index (χ1v) is 5.82. The van der Waals surface area contributed by atoms with Crippen molar-refractivity contribution in [1.29, 1.82) is 0 Å². The molecular formula is C14H16O2. The molecule has 2 atom stereocenters. The van der Waals surface area contributed by atoms with Crippen LogP contribution >= 0.6 is 0 Å². The zero-order valence-electron chi connectivity index (χ0n) is 9.69. The molecule has 1 aliphatic carbocycles. The summed E-state index contributed by atoms with van der Waals surface area (Å²) >= 11 is 0. The van der Waals surface area contributed by atoms with Gasteiger partial charge in [-0.25, -0.2) is 0 Å². The second-order valence-electron chi connectivity index (χ2n) is 4.74. The van der Waals surface area contributed by atoms with Gasteiger partial charge in [0.2, 0.25) is 0 Å². The Balaban J connectivity index is 2.03. The lowest BCUT2D eigenvalue weighted by atomic mass is 9.74. The maximum Gasteiger partial charge on any atom is 0.140 e. The van der Waals surface area contributed by atoms with E-state index in [1.807, 2.05) is 6.26 Å². The smallest absolute Gasteiger partial charge is 0.140 e. The fourth-order valence-corrected chi connectivity index (χ4v) is 3.00. The van der Waals surface area contributed by atoms with Gasteiger partial charge in [-0.1, -0.05) is 13.0 Å². The summed E-state index contributed by atoms with van der Waals surface area (Å²) in [7, 11) is 0. The second kappa shape index (κ2) is 3.27. The molecule has 1 aromatic heterocycles. The number of hydrogen-bond acceptors (Lipinski definition) is 2. The molecule has 1 aromatic rings. The first-order valence-electron chi connectivity index (χ1n) is 5.82. The molecule has 0 aromatic carbocycles. The maximum absolute atomic E-state index is 5.87. The van der Waals surface area contributed by atoms with Gasteiger partial charge in [-0.2, -0.15) is 0 Å². The Hall–Kier alpha value is -1.44. The monoisotopic (exact) mass is 216 g/mol. The molecule has 3 rings (SSSR count). The predicted molar refractivity (Wildman–Crippen MR) is 62.2 cm³/mol. The molecule has 84 valence electrons. The molecule has 0 radical (unpaired) electrons. The Labute approximate surface area is 95.6 Å². The Morgan fingerprint density at radius 1 is 1.50 bits per heavy atom. The van der Waals surface area contributed by atoms with Crippen molar-refractivity contribution in [3.8, 4) is 0 Å². The van der Waals surface area contributed by atoms with Crippen LogP contribution in [-0.2, 0) is 11.2 Å². The van der Waals surface area contributed by atoms with Crippen molar-refractivity contribution in [2.45, 2.75) is 38.2 Å². The molecule has 2 heteroatoms. The average Bonchev–Trinajstić information content (AvgIpc) is 2.85. The predicted octanol–water partition coefficient (Wildman–Crippen LogP) is 3.56. The van der Waals surface area contributed by atoms with Gasteiger partial charge in [0.1, 0.15) is 11.4 Å². The highest BCUT2D eigenvalue weighted by molar-refractivity contribution is 5.40. The summed E-state index contributed by atoms with van der Waals surface area (Å²) in [5, 5.41) is 0. The van der Waals surface area contributed by atoms with Crippen LogP contribution in [0.25, 0.3) is 0 Å². The number of rotatable bonds is 0. The van der Waals surface area contributed by atoms with E-state index >= 15 is 0 Å². The van der Waals surface area contributed by atoms with Crippen LogP contribution in [0.4, 0.5) is 0 Å². The molecule has 2 unspecified atom stereocenters. The molecule has 0 bridgehead atoms. The van der Waals surface area contributed by atoms with Crippen molar-refractivity contribution in [3.63, 3.8) is 0 Å². The van der Waals surface area contributed by atoms with Crippen LogP contribution in [0.2, 0.25) is 0 Å². The highest BCUT2D eigenvalue weighted by Gasteiger charge is 2.44. The van der Waals surface area contributed by atoms with Gasteiger partial charge in [0.25, 0.3) is 0 Å². The molecule has 1 spiro atoms. The van der Waals surface area contributed by atoms with Crippen LogP contribution in [0, 0.1) is 0 Å². The van der Waals surface area contributed by atoms with Gasteiger partial charge in [0.05, 0.1) is 18.9 Å². The number of hydrogen-bond donors (Lipinski definition) is 0. The summed E-state index contributed by atoms with van der Waals surface area (Å²) in [5.41, 5.74) is 2.46. The van der Waals surface area contributed by atoms with Gasteiger partial charge in [-0.05, 0) is 42.5 Å². The topological polar surface area (TPSA) is 22.4 Å². The molecule has 2 heterocycles. The summed E-state index contributed by atoms with van der Waals surface area (Å²) in [5.74, 6) is 1.58. The molecule has 0 saturated heterocycles. The van der Waals surface area contributed by atoms with Crippen molar-refractivity contribution in [1.82, 2.24) is 0 Å². The third-order valence-corrected chi connectivity index (χ3v) is 3.77. The number of fused-ring (bicyclic) bond motifs is 1. The maximum atomic E-state index is 5.87. The van der Waals surface area contributed by atoms with Crippen molar-refractivity contribution >= 4 is 0 Å². The SMILES string of the molecule is C/C=C1/C=COC12Cc1occc1C(C)C2. The molecule has 2 nitrogen and oxygen atoms in total. The van der Waals surface area contributed by atoms with Crippen molar-refractivity contribution < 1.29 is 9.15 Å². The lowest BCUT2D eigenvalue weighted by Gasteiger charge is -2.36. The van der Waals surface area contributed by atoms with E-state index < -0.39 is 0 Å². The number of furan rings is 1. The molecule has 0 fully saturated rings. The molecule has 0 saturated carbocycles. The third-order valence-electron chi connectivity index (χ3n) is 3.77. The van der Waals surface area contributed by atoms with E-state index in [4.69, 9.17) is 9.15 Å². The Morgan fingerprint density at radius 3 is 3.19 bits per heavy atom. The standard InChI is InChI=1S/C14H16O2/c1-3-11-4-7-16-14(11)8-10(2)12-5-6-15-13(12)9-14/h3-7,10H,8-9H2,1-2H3/b11-3-. The van der Waals surface area contributed by atoms with Crippen LogP contribution < -0.4 is 0 Å². The van der Waals surface area contributed by atoms with Crippen molar-refractivity contribution in [2.24, 2.45) is 0 Å². The lowest BCUT2D eigenvalue weighted by molar-refractivity contribution is 0.0481. The van der Waals surface area contributed by atoms with Crippen LogP contribution in [0.1, 0.15) is 37.5 Å². The van der Waals surface area contributed by atoms with E-state index in [-0.39, 0.29) is 5.60 Å². The highest BCUT2D eigenvalue weighted by Crippen LogP contribution is 2.45. The van der Waals surface area contributed by atoms with Crippen molar-refractivity contribution in [2.75, 3.05) is 0 Å². The van der Waals surface area contributed by atoms with Gasteiger partial charge < -0.3 is 9.15 Å². The zero-order valence-corrected chi connectivity index (χ0v) is 9.69. The molecule has 0 amide bonds. The molecule has 16 heavy (non-hydrogen) atoms. The minimum atomic E-state index is -0.168. The first-order chi connectivity index (χ1) is 7.75. The molecule has 2 aliphatic rings. The van der Waals surface area contributed by atoms with Gasteiger partial charge in [-0.3, -0.25) is 0 Å². The van der Waals surface area contributed by atoms with E-state index in [0.29, 0.717) is 5.92 Å². The summed E-state index contributed by atoms with van der Waals surface area (Å²) in [6.07, 6.45) is 9.71. The van der Waals surface area contributed by atoms with Crippen molar-refractivity contribution in [3.05, 3.63) is 47.6 Å². The van der Waals surface area contributed by atoms with Crippen LogP contribution in [0.5, 0.6) is 0 Å². The van der Waals surface area contributed by atoms with E-state index in [1.54, 1.807) is 6.26 Å². The lowest BCUT2D eigenvalue weighted by Crippen LogP contribution is -2.37. The van der Waals surface area contributed by atoms with Gasteiger partial charge >= 0.3 is 0 Å². The summed E-state index contributed by atoms with van der Waals surface area (Å²) in [6.45, 7) is 4.31. The molecule has 1 aliphatic heterocycles. The van der Waals surface area contributed by atoms with Gasteiger partial charge in [0, 0.05) is 0 Å². The normalized spacial score (nSPS) is 34.4. The highest BCUT2D eigenvalue weighted by atomic mass is 16.5. The summed E-state index contributed by atoms with van der Waals surface area (Å²) < 4.78 is 11.4. The van der Waals surface area contributed by atoms with E-state index in [0.717, 1.165) is 18.6 Å². The van der Waals surface area contributed by atoms with Gasteiger partial charge in [0.15, 0.2) is 0 Å². The first kappa shape index (κ1) is 9.76. The fourth-order valence-electron chi connectivity index (χ4n) is 3.00. The minimum absolute atomic E-state index is 0.168. The Morgan fingerprint density at radius 2 is 2.38 bits per heavy atom. The Bertz CT molecular complexity index is 467. The van der Waals surface area contributed by atoms with Crippen LogP contribution in [0.3, 0.4) is 0 Å². The van der Waals surface area contributed by atoms with E-state index in [1.165, 1.54) is 11.1 Å². The van der Waals surface area contributed by atoms with Crippen LogP contribution in [-0.4, -0.2) is 5.60 Å². The van der Waals surface area contributed by atoms with E-state index in [2.05, 4.69) is 32.1 Å². The Kier molecular flexibility index (Phi) is 2.00. The quantitative estimate of drug-likeness (QED) is 0.661. The second-order valence-corrected chi connectivity index (χ2v) is 4.74. The minimum Gasteiger partial charge on any atom is -0.490 e. The fraction of sp³-hybridized carbons (Fsp3) is 0.429. The summed E-state index contributed by atoms with van der Waals surface area (Å²) in [6, 6.07) is 2.09. The molecular weight excluding hydrogens is 200 g/mol. The zero-order chi connectivity index (χ0) is 11.2.